The van der Waals surface area contributed by atoms with Crippen LogP contribution in [0.1, 0.15) is 22.8 Å². The van der Waals surface area contributed by atoms with Gasteiger partial charge in [0.1, 0.15) is 5.56 Å². The van der Waals surface area contributed by atoms with Gasteiger partial charge in [0.2, 0.25) is 5.43 Å². The van der Waals surface area contributed by atoms with Crippen LogP contribution < -0.4 is 11.2 Å². The third-order valence-corrected chi connectivity index (χ3v) is 3.88. The van der Waals surface area contributed by atoms with E-state index in [1.165, 1.54) is 6.20 Å². The molecule has 7 heteroatoms. The number of carboxylic acids is 1. The number of fused-ring (bicyclic) bond motifs is 1. The molecule has 3 N–H and O–H groups in total. The van der Waals surface area contributed by atoms with Crippen LogP contribution in [0.4, 0.5) is 0 Å². The molecule has 0 atom stereocenters. The number of carbonyl (C=O) groups is 1. The highest BCUT2D eigenvalue weighted by Crippen LogP contribution is 2.15. The lowest BCUT2D eigenvalue weighted by molar-refractivity contribution is 0.0519. The highest BCUT2D eigenvalue weighted by atomic mass is 16.5. The van der Waals surface area contributed by atoms with Crippen molar-refractivity contribution < 1.29 is 19.4 Å². The quantitative estimate of drug-likeness (QED) is 0.626. The smallest absolute Gasteiger partial charge is 0.341 e. The van der Waals surface area contributed by atoms with Crippen LogP contribution in [-0.2, 0) is 22.4 Å². The first-order valence-corrected chi connectivity index (χ1v) is 8.33. The number of hydrogen-bond donors (Lipinski definition) is 2. The molecule has 1 heterocycles. The number of pyridine rings is 1. The average Bonchev–Trinajstić information content (AvgIpc) is 2.61. The first kappa shape index (κ1) is 19.1. The molecule has 0 aliphatic rings. The summed E-state index contributed by atoms with van der Waals surface area (Å²) in [7, 11) is 0. The Morgan fingerprint density at radius 1 is 1.20 bits per heavy atom. The fourth-order valence-corrected chi connectivity index (χ4v) is 2.61. The molecule has 2 rings (SSSR count). The Labute approximate surface area is 146 Å². The van der Waals surface area contributed by atoms with Crippen LogP contribution in [-0.4, -0.2) is 48.6 Å². The normalized spacial score (nSPS) is 11.1. The largest absolute Gasteiger partial charge is 0.477 e. The molecule has 1 aromatic heterocycles. The van der Waals surface area contributed by atoms with Gasteiger partial charge < -0.3 is 24.9 Å². The second kappa shape index (κ2) is 9.31. The van der Waals surface area contributed by atoms with Crippen molar-refractivity contribution in [3.63, 3.8) is 0 Å². The number of aryl methyl sites for hydroxylation is 1. The molecule has 0 aliphatic carbocycles. The average molecular weight is 348 g/mol. The molecular weight excluding hydrogens is 324 g/mol. The Hall–Kier alpha value is -2.22. The predicted molar refractivity (Wildman–Crippen MR) is 95.2 cm³/mol. The van der Waals surface area contributed by atoms with E-state index in [-0.39, 0.29) is 5.56 Å². The minimum atomic E-state index is -1.21. The van der Waals surface area contributed by atoms with Crippen molar-refractivity contribution in [3.8, 4) is 0 Å². The summed E-state index contributed by atoms with van der Waals surface area (Å²) in [6, 6.07) is 5.54. The second-order valence-electron chi connectivity index (χ2n) is 5.58. The molecule has 0 unspecified atom stereocenters. The van der Waals surface area contributed by atoms with Crippen molar-refractivity contribution in [2.75, 3.05) is 33.0 Å². The highest BCUT2D eigenvalue weighted by molar-refractivity contribution is 5.92. The van der Waals surface area contributed by atoms with Gasteiger partial charge >= 0.3 is 5.97 Å². The third kappa shape index (κ3) is 4.88. The fraction of sp³-hybridized carbons (Fsp3) is 0.444. The van der Waals surface area contributed by atoms with Gasteiger partial charge in [-0.15, -0.1) is 0 Å². The summed E-state index contributed by atoms with van der Waals surface area (Å²) in [5.74, 6) is -1.21. The molecule has 0 saturated carbocycles. The molecule has 2 aromatic rings. The van der Waals surface area contributed by atoms with Gasteiger partial charge in [-0.1, -0.05) is 6.07 Å². The number of aromatic carboxylic acids is 1. The number of rotatable bonds is 10. The van der Waals surface area contributed by atoms with Crippen LogP contribution in [0.5, 0.6) is 0 Å². The molecule has 25 heavy (non-hydrogen) atoms. The summed E-state index contributed by atoms with van der Waals surface area (Å²) >= 11 is 0. The molecule has 0 saturated heterocycles. The van der Waals surface area contributed by atoms with E-state index >= 15 is 0 Å². The van der Waals surface area contributed by atoms with Crippen molar-refractivity contribution >= 4 is 16.9 Å². The number of aromatic nitrogens is 1. The summed E-state index contributed by atoms with van der Waals surface area (Å²) < 4.78 is 12.5. The number of hydrogen-bond acceptors (Lipinski definition) is 5. The first-order chi connectivity index (χ1) is 12.1. The SMILES string of the molecule is CCn1cc(C(=O)O)c(=O)c2cc(CCOCCOCCN)ccc21. The molecule has 136 valence electrons. The summed E-state index contributed by atoms with van der Waals surface area (Å²) in [4.78, 5) is 23.7. The van der Waals surface area contributed by atoms with Crippen molar-refractivity contribution in [2.45, 2.75) is 19.9 Å². The molecule has 0 radical (unpaired) electrons. The standard InChI is InChI=1S/C18H24N2O5/c1-2-20-12-15(18(22)23)17(21)14-11-13(3-4-16(14)20)5-7-24-9-10-25-8-6-19/h3-4,11-12H,2,5-10,19H2,1H3,(H,22,23). The van der Waals surface area contributed by atoms with Crippen molar-refractivity contribution in [2.24, 2.45) is 5.73 Å². The van der Waals surface area contributed by atoms with Crippen molar-refractivity contribution in [1.29, 1.82) is 0 Å². The van der Waals surface area contributed by atoms with E-state index in [4.69, 9.17) is 15.2 Å². The van der Waals surface area contributed by atoms with E-state index in [9.17, 15) is 14.7 Å². The van der Waals surface area contributed by atoms with Gasteiger partial charge in [-0.2, -0.15) is 0 Å². The summed E-state index contributed by atoms with van der Waals surface area (Å²) in [5.41, 5.74) is 6.32. The monoisotopic (exact) mass is 348 g/mol. The highest BCUT2D eigenvalue weighted by Gasteiger charge is 2.14. The van der Waals surface area contributed by atoms with E-state index in [0.29, 0.717) is 51.3 Å². The van der Waals surface area contributed by atoms with Gasteiger partial charge in [0.05, 0.1) is 31.9 Å². The molecule has 0 amide bonds. The lowest BCUT2D eigenvalue weighted by Gasteiger charge is -2.11. The van der Waals surface area contributed by atoms with Gasteiger partial charge in [-0.05, 0) is 31.0 Å². The Balaban J connectivity index is 2.11. The van der Waals surface area contributed by atoms with Gasteiger partial charge in [0.15, 0.2) is 0 Å². The predicted octanol–water partition coefficient (Wildman–Crippen LogP) is 1.25. The van der Waals surface area contributed by atoms with Crippen LogP contribution in [0, 0.1) is 0 Å². The first-order valence-electron chi connectivity index (χ1n) is 8.33. The van der Waals surface area contributed by atoms with Crippen LogP contribution in [0.15, 0.2) is 29.2 Å². The summed E-state index contributed by atoms with van der Waals surface area (Å²) in [6.07, 6.45) is 2.03. The molecule has 0 aliphatic heterocycles. The van der Waals surface area contributed by atoms with E-state index in [0.717, 1.165) is 11.1 Å². The van der Waals surface area contributed by atoms with Crippen LogP contribution >= 0.6 is 0 Å². The Kier molecular flexibility index (Phi) is 7.12. The van der Waals surface area contributed by atoms with Crippen molar-refractivity contribution in [1.82, 2.24) is 4.57 Å². The Morgan fingerprint density at radius 2 is 1.92 bits per heavy atom. The Bertz CT molecular complexity index is 785. The minimum Gasteiger partial charge on any atom is -0.477 e. The number of carboxylic acid groups (broad SMARTS) is 1. The van der Waals surface area contributed by atoms with E-state index < -0.39 is 11.4 Å². The van der Waals surface area contributed by atoms with Crippen molar-refractivity contribution in [3.05, 3.63) is 45.7 Å². The van der Waals surface area contributed by atoms with Crippen LogP contribution in [0.3, 0.4) is 0 Å². The maximum Gasteiger partial charge on any atom is 0.341 e. The van der Waals surface area contributed by atoms with E-state index in [1.807, 2.05) is 19.1 Å². The van der Waals surface area contributed by atoms with Gasteiger partial charge in [0, 0.05) is 24.7 Å². The topological polar surface area (TPSA) is 104 Å². The number of ether oxygens (including phenoxy) is 2. The maximum atomic E-state index is 12.4. The van der Waals surface area contributed by atoms with E-state index in [1.54, 1.807) is 10.6 Å². The zero-order valence-corrected chi connectivity index (χ0v) is 14.4. The molecule has 0 bridgehead atoms. The van der Waals surface area contributed by atoms with Gasteiger partial charge in [-0.25, -0.2) is 4.79 Å². The van der Waals surface area contributed by atoms with Crippen LogP contribution in [0.25, 0.3) is 10.9 Å². The number of nitrogens with zero attached hydrogens (tertiary/aromatic N) is 1. The number of nitrogens with two attached hydrogens (primary N) is 1. The molecule has 1 aromatic carbocycles. The Morgan fingerprint density at radius 3 is 2.56 bits per heavy atom. The van der Waals surface area contributed by atoms with Gasteiger partial charge in [-0.3, -0.25) is 4.79 Å². The molecule has 0 fully saturated rings. The third-order valence-electron chi connectivity index (χ3n) is 3.88. The fourth-order valence-electron chi connectivity index (χ4n) is 2.61. The molecule has 0 spiro atoms. The second-order valence-corrected chi connectivity index (χ2v) is 5.58. The minimum absolute atomic E-state index is 0.209. The number of benzene rings is 1. The summed E-state index contributed by atoms with van der Waals surface area (Å²) in [5, 5.41) is 9.65. The molecule has 7 nitrogen and oxygen atoms in total. The van der Waals surface area contributed by atoms with Gasteiger partial charge in [0.25, 0.3) is 0 Å². The molecular formula is C18H24N2O5. The summed E-state index contributed by atoms with van der Waals surface area (Å²) in [6.45, 7) is 4.98. The lowest BCUT2D eigenvalue weighted by atomic mass is 10.1. The maximum absolute atomic E-state index is 12.4. The van der Waals surface area contributed by atoms with E-state index in [2.05, 4.69) is 0 Å². The zero-order chi connectivity index (χ0) is 18.2. The lowest BCUT2D eigenvalue weighted by Crippen LogP contribution is -2.19. The van der Waals surface area contributed by atoms with Crippen LogP contribution in [0.2, 0.25) is 0 Å². The zero-order valence-electron chi connectivity index (χ0n) is 14.4.